The summed E-state index contributed by atoms with van der Waals surface area (Å²) >= 11 is 0. The number of aryl methyl sites for hydroxylation is 3. The summed E-state index contributed by atoms with van der Waals surface area (Å²) in [6.45, 7) is 8.07. The fraction of sp³-hybridized carbons (Fsp3) is 0.815. The molecule has 0 unspecified atom stereocenters. The van der Waals surface area contributed by atoms with E-state index >= 15 is 0 Å². The van der Waals surface area contributed by atoms with E-state index in [9.17, 15) is 0 Å². The van der Waals surface area contributed by atoms with Crippen molar-refractivity contribution in [3.05, 3.63) is 29.6 Å². The Morgan fingerprint density at radius 2 is 1.00 bits per heavy atom. The van der Waals surface area contributed by atoms with E-state index in [1.54, 1.807) is 11.1 Å². The lowest BCUT2D eigenvalue weighted by atomic mass is 9.97. The molecule has 1 rings (SSSR count). The van der Waals surface area contributed by atoms with Crippen molar-refractivity contribution in [3.63, 3.8) is 0 Å². The molecule has 0 amide bonds. The van der Waals surface area contributed by atoms with Gasteiger partial charge in [-0.1, -0.05) is 104 Å². The maximum atomic E-state index is 2.48. The predicted molar refractivity (Wildman–Crippen MR) is 125 cm³/mol. The van der Waals surface area contributed by atoms with E-state index in [4.69, 9.17) is 0 Å². The van der Waals surface area contributed by atoms with Crippen LogP contribution < -0.4 is 4.57 Å². The van der Waals surface area contributed by atoms with Crippen molar-refractivity contribution in [2.24, 2.45) is 0 Å². The van der Waals surface area contributed by atoms with Gasteiger partial charge in [-0.05, 0) is 31.2 Å². The Balaban J connectivity index is 2.42. The highest BCUT2D eigenvalue weighted by atomic mass is 14.9. The van der Waals surface area contributed by atoms with Gasteiger partial charge in [0.25, 0.3) is 0 Å². The van der Waals surface area contributed by atoms with Gasteiger partial charge in [0.05, 0.1) is 0 Å². The van der Waals surface area contributed by atoms with Crippen molar-refractivity contribution in [1.29, 1.82) is 0 Å². The SMILES string of the molecule is CCCCCCCCCc1cc[n+](CCCC)cc1CCCCCCCCC. The summed E-state index contributed by atoms with van der Waals surface area (Å²) in [5.41, 5.74) is 3.27. The first-order valence-corrected chi connectivity index (χ1v) is 12.8. The van der Waals surface area contributed by atoms with E-state index < -0.39 is 0 Å². The Hall–Kier alpha value is -0.850. The van der Waals surface area contributed by atoms with Crippen LogP contribution in [0.25, 0.3) is 0 Å². The summed E-state index contributed by atoms with van der Waals surface area (Å²) in [6.07, 6.45) is 29.6. The molecule has 0 radical (unpaired) electrons. The Morgan fingerprint density at radius 3 is 1.54 bits per heavy atom. The highest BCUT2D eigenvalue weighted by molar-refractivity contribution is 5.21. The molecule has 0 saturated carbocycles. The van der Waals surface area contributed by atoms with Crippen LogP contribution in [-0.2, 0) is 19.4 Å². The van der Waals surface area contributed by atoms with Crippen LogP contribution in [0.1, 0.15) is 135 Å². The van der Waals surface area contributed by atoms with Crippen molar-refractivity contribution < 1.29 is 4.57 Å². The second-order valence-corrected chi connectivity index (χ2v) is 8.83. The minimum atomic E-state index is 1.18. The Morgan fingerprint density at radius 1 is 0.536 bits per heavy atom. The highest BCUT2D eigenvalue weighted by Gasteiger charge is 2.09. The number of hydrogen-bond donors (Lipinski definition) is 0. The van der Waals surface area contributed by atoms with Gasteiger partial charge < -0.3 is 0 Å². The minimum absolute atomic E-state index is 1.18. The number of nitrogens with zero attached hydrogens (tertiary/aromatic N) is 1. The maximum absolute atomic E-state index is 2.48. The standard InChI is InChI=1S/C27H50N/c1-4-7-10-12-14-16-18-20-26-22-24-28(23-9-6-3)25-27(26)21-19-17-15-13-11-8-5-2/h22,24-25H,4-21,23H2,1-3H3/q+1. The number of pyridine rings is 1. The van der Waals surface area contributed by atoms with Crippen molar-refractivity contribution in [3.8, 4) is 0 Å². The van der Waals surface area contributed by atoms with Gasteiger partial charge in [0.15, 0.2) is 12.4 Å². The largest absolute Gasteiger partial charge is 0.205 e. The first-order valence-electron chi connectivity index (χ1n) is 12.8. The molecule has 0 aliphatic heterocycles. The van der Waals surface area contributed by atoms with Crippen LogP contribution in [0.2, 0.25) is 0 Å². The van der Waals surface area contributed by atoms with Crippen molar-refractivity contribution in [1.82, 2.24) is 0 Å². The first kappa shape index (κ1) is 25.2. The second-order valence-electron chi connectivity index (χ2n) is 8.83. The van der Waals surface area contributed by atoms with Gasteiger partial charge in [0.1, 0.15) is 6.54 Å². The van der Waals surface area contributed by atoms with Crippen LogP contribution in [0, 0.1) is 0 Å². The van der Waals surface area contributed by atoms with Gasteiger partial charge in [-0.25, -0.2) is 4.57 Å². The number of unbranched alkanes of at least 4 members (excludes halogenated alkanes) is 13. The zero-order valence-corrected chi connectivity index (χ0v) is 19.6. The fourth-order valence-electron chi connectivity index (χ4n) is 4.11. The normalized spacial score (nSPS) is 11.2. The van der Waals surface area contributed by atoms with Crippen molar-refractivity contribution in [2.75, 3.05) is 0 Å². The summed E-state index contributed by atoms with van der Waals surface area (Å²) in [5.74, 6) is 0. The first-order chi connectivity index (χ1) is 13.8. The average molecular weight is 389 g/mol. The lowest BCUT2D eigenvalue weighted by molar-refractivity contribution is -0.697. The van der Waals surface area contributed by atoms with Crippen molar-refractivity contribution >= 4 is 0 Å². The number of rotatable bonds is 19. The third-order valence-electron chi connectivity index (χ3n) is 6.07. The number of aromatic nitrogens is 1. The molecule has 0 atom stereocenters. The average Bonchev–Trinajstić information content (AvgIpc) is 2.72. The highest BCUT2D eigenvalue weighted by Crippen LogP contribution is 2.16. The van der Waals surface area contributed by atoms with Gasteiger partial charge in [0.2, 0.25) is 0 Å². The van der Waals surface area contributed by atoms with E-state index in [0.29, 0.717) is 0 Å². The van der Waals surface area contributed by atoms with Gasteiger partial charge in [0, 0.05) is 18.1 Å². The van der Waals surface area contributed by atoms with E-state index in [1.807, 2.05) is 0 Å². The van der Waals surface area contributed by atoms with Crippen LogP contribution in [0.4, 0.5) is 0 Å². The Labute approximate surface area is 177 Å². The molecule has 1 heterocycles. The molecular formula is C27H50N+. The van der Waals surface area contributed by atoms with E-state index in [2.05, 4.69) is 43.8 Å². The molecule has 0 bridgehead atoms. The molecule has 162 valence electrons. The molecule has 1 aromatic heterocycles. The number of hydrogen-bond acceptors (Lipinski definition) is 0. The van der Waals surface area contributed by atoms with Crippen LogP contribution in [0.15, 0.2) is 18.5 Å². The van der Waals surface area contributed by atoms with Crippen molar-refractivity contribution in [2.45, 2.75) is 143 Å². The molecule has 0 saturated heterocycles. The molecule has 0 aromatic carbocycles. The second kappa shape index (κ2) is 18.2. The quantitative estimate of drug-likeness (QED) is 0.165. The third-order valence-corrected chi connectivity index (χ3v) is 6.07. The topological polar surface area (TPSA) is 3.88 Å². The molecule has 0 fully saturated rings. The summed E-state index contributed by atoms with van der Waals surface area (Å²) in [6, 6.07) is 2.43. The Kier molecular flexibility index (Phi) is 16.4. The molecule has 0 N–H and O–H groups in total. The third kappa shape index (κ3) is 12.6. The smallest absolute Gasteiger partial charge is 0.172 e. The lowest BCUT2D eigenvalue weighted by Gasteiger charge is -2.09. The predicted octanol–water partition coefficient (Wildman–Crippen LogP) is 8.36. The van der Waals surface area contributed by atoms with Crippen LogP contribution in [0.5, 0.6) is 0 Å². The van der Waals surface area contributed by atoms with E-state index in [-0.39, 0.29) is 0 Å². The zero-order chi connectivity index (χ0) is 20.3. The summed E-state index contributed by atoms with van der Waals surface area (Å²) in [7, 11) is 0. The summed E-state index contributed by atoms with van der Waals surface area (Å²) in [4.78, 5) is 0. The molecule has 0 aliphatic rings. The van der Waals surface area contributed by atoms with Gasteiger partial charge >= 0.3 is 0 Å². The molecule has 1 aromatic rings. The van der Waals surface area contributed by atoms with Gasteiger partial charge in [-0.2, -0.15) is 0 Å². The lowest BCUT2D eigenvalue weighted by Crippen LogP contribution is -2.33. The molecular weight excluding hydrogens is 338 g/mol. The van der Waals surface area contributed by atoms with Gasteiger partial charge in [-0.15, -0.1) is 0 Å². The summed E-state index contributed by atoms with van der Waals surface area (Å²) in [5, 5.41) is 0. The summed E-state index contributed by atoms with van der Waals surface area (Å²) < 4.78 is 2.44. The van der Waals surface area contributed by atoms with Gasteiger partial charge in [-0.3, -0.25) is 0 Å². The monoisotopic (exact) mass is 388 g/mol. The zero-order valence-electron chi connectivity index (χ0n) is 19.6. The van der Waals surface area contributed by atoms with E-state index in [1.165, 1.54) is 122 Å². The van der Waals surface area contributed by atoms with Crippen LogP contribution >= 0.6 is 0 Å². The molecule has 1 heteroatoms. The molecule has 28 heavy (non-hydrogen) atoms. The Bertz CT molecular complexity index is 465. The molecule has 0 aliphatic carbocycles. The maximum Gasteiger partial charge on any atom is 0.172 e. The minimum Gasteiger partial charge on any atom is -0.205 e. The van der Waals surface area contributed by atoms with Crippen LogP contribution in [0.3, 0.4) is 0 Å². The van der Waals surface area contributed by atoms with Crippen LogP contribution in [-0.4, -0.2) is 0 Å². The molecule has 1 nitrogen and oxygen atoms in total. The molecule has 0 spiro atoms. The van der Waals surface area contributed by atoms with E-state index in [0.717, 1.165) is 0 Å². The fourth-order valence-corrected chi connectivity index (χ4v) is 4.11.